The number of aromatic nitrogens is 2. The van der Waals surface area contributed by atoms with Crippen molar-refractivity contribution in [2.45, 2.75) is 44.6 Å². The Hall–Kier alpha value is -3.43. The number of carbonyl (C=O) groups is 2. The SMILES string of the molecule is CC1(C)C(=O)N(CC2CC=C(c3nnc(C(F)F)o3)C=N2)C(=O)c2ccc(N3CCC3)cc21. The fraction of sp³-hybridized carbons (Fsp3) is 0.435. The summed E-state index contributed by atoms with van der Waals surface area (Å²) in [4.78, 5) is 34.5. The monoisotopic (exact) mass is 455 g/mol. The molecule has 33 heavy (non-hydrogen) atoms. The number of imide groups is 1. The van der Waals surface area contributed by atoms with Gasteiger partial charge < -0.3 is 9.32 Å². The predicted molar refractivity (Wildman–Crippen MR) is 116 cm³/mol. The predicted octanol–water partition coefficient (Wildman–Crippen LogP) is 3.40. The topological polar surface area (TPSA) is 91.9 Å². The molecule has 0 aliphatic carbocycles. The van der Waals surface area contributed by atoms with Crippen LogP contribution in [0.1, 0.15) is 60.8 Å². The second-order valence-corrected chi connectivity index (χ2v) is 8.99. The average Bonchev–Trinajstić information content (AvgIpc) is 3.26. The minimum Gasteiger partial charge on any atom is -0.415 e. The van der Waals surface area contributed by atoms with E-state index >= 15 is 0 Å². The van der Waals surface area contributed by atoms with Gasteiger partial charge in [0, 0.05) is 30.6 Å². The largest absolute Gasteiger partial charge is 0.415 e. The summed E-state index contributed by atoms with van der Waals surface area (Å²) in [7, 11) is 0. The molecule has 2 amide bonds. The first-order valence-electron chi connectivity index (χ1n) is 10.9. The van der Waals surface area contributed by atoms with E-state index in [-0.39, 0.29) is 30.3 Å². The van der Waals surface area contributed by atoms with Gasteiger partial charge in [0.15, 0.2) is 0 Å². The summed E-state index contributed by atoms with van der Waals surface area (Å²) in [6.45, 7) is 5.77. The highest BCUT2D eigenvalue weighted by Crippen LogP contribution is 2.38. The summed E-state index contributed by atoms with van der Waals surface area (Å²) < 4.78 is 30.3. The molecule has 0 saturated carbocycles. The van der Waals surface area contributed by atoms with Gasteiger partial charge in [-0.3, -0.25) is 19.5 Å². The molecule has 5 rings (SSSR count). The molecule has 4 heterocycles. The van der Waals surface area contributed by atoms with Gasteiger partial charge in [-0.1, -0.05) is 6.08 Å². The summed E-state index contributed by atoms with van der Waals surface area (Å²) in [5, 5.41) is 6.94. The molecule has 1 aromatic heterocycles. The van der Waals surface area contributed by atoms with Gasteiger partial charge in [-0.2, -0.15) is 8.78 Å². The normalized spacial score (nSPS) is 21.8. The van der Waals surface area contributed by atoms with Crippen LogP contribution in [0.4, 0.5) is 14.5 Å². The summed E-state index contributed by atoms with van der Waals surface area (Å²) >= 11 is 0. The van der Waals surface area contributed by atoms with Crippen molar-refractivity contribution < 1.29 is 22.8 Å². The van der Waals surface area contributed by atoms with Gasteiger partial charge >= 0.3 is 6.43 Å². The van der Waals surface area contributed by atoms with E-state index in [0.717, 1.165) is 30.8 Å². The smallest absolute Gasteiger partial charge is 0.314 e. The molecule has 10 heteroatoms. The van der Waals surface area contributed by atoms with Crippen LogP contribution in [0.5, 0.6) is 0 Å². The Morgan fingerprint density at radius 1 is 1.21 bits per heavy atom. The molecular weight excluding hydrogens is 432 g/mol. The Labute approximate surface area is 189 Å². The minimum atomic E-state index is -2.84. The lowest BCUT2D eigenvalue weighted by molar-refractivity contribution is -0.134. The van der Waals surface area contributed by atoms with Crippen molar-refractivity contribution in [1.29, 1.82) is 0 Å². The van der Waals surface area contributed by atoms with E-state index in [4.69, 9.17) is 4.42 Å². The molecule has 1 atom stereocenters. The number of anilines is 1. The first-order chi connectivity index (χ1) is 15.8. The number of hydrogen-bond donors (Lipinski definition) is 0. The number of halogens is 2. The lowest BCUT2D eigenvalue weighted by atomic mass is 9.76. The van der Waals surface area contributed by atoms with Crippen molar-refractivity contribution in [1.82, 2.24) is 15.1 Å². The van der Waals surface area contributed by atoms with Crippen LogP contribution in [0.25, 0.3) is 5.57 Å². The molecule has 1 aromatic carbocycles. The van der Waals surface area contributed by atoms with Gasteiger partial charge in [-0.25, -0.2) is 0 Å². The van der Waals surface area contributed by atoms with Crippen molar-refractivity contribution in [3.05, 3.63) is 47.2 Å². The number of hydrogen-bond acceptors (Lipinski definition) is 7. The highest BCUT2D eigenvalue weighted by Gasteiger charge is 2.45. The number of aliphatic imine (C=N–C) groups is 1. The van der Waals surface area contributed by atoms with Crippen LogP contribution in [-0.4, -0.2) is 58.8 Å². The van der Waals surface area contributed by atoms with Gasteiger partial charge in [0.2, 0.25) is 11.8 Å². The molecule has 1 fully saturated rings. The van der Waals surface area contributed by atoms with E-state index in [2.05, 4.69) is 20.1 Å². The standard InChI is InChI=1S/C23H23F2N5O3/c1-23(2)17-10-15(29-8-3-9-29)6-7-16(17)21(31)30(22(23)32)12-14-5-4-13(11-26-14)19-27-28-20(33-19)18(24)25/h4,6-7,10-11,14,18H,3,5,8-9,12H2,1-2H3. The number of carbonyl (C=O) groups excluding carboxylic acids is 2. The van der Waals surface area contributed by atoms with Gasteiger partial charge in [0.05, 0.1) is 23.6 Å². The molecule has 1 unspecified atom stereocenters. The molecule has 3 aliphatic rings. The Morgan fingerprint density at radius 2 is 2.00 bits per heavy atom. The fourth-order valence-electron chi connectivity index (χ4n) is 4.34. The number of allylic oxidation sites excluding steroid dienone is 1. The zero-order valence-corrected chi connectivity index (χ0v) is 18.3. The van der Waals surface area contributed by atoms with Crippen LogP contribution in [-0.2, 0) is 10.2 Å². The lowest BCUT2D eigenvalue weighted by Crippen LogP contribution is -2.53. The zero-order chi connectivity index (χ0) is 23.3. The Balaban J connectivity index is 1.33. The Bertz CT molecular complexity index is 1180. The van der Waals surface area contributed by atoms with E-state index < -0.39 is 17.7 Å². The Morgan fingerprint density at radius 3 is 2.61 bits per heavy atom. The zero-order valence-electron chi connectivity index (χ0n) is 18.3. The van der Waals surface area contributed by atoms with E-state index in [1.807, 2.05) is 32.0 Å². The van der Waals surface area contributed by atoms with Gasteiger partial charge in [-0.05, 0) is 50.5 Å². The van der Waals surface area contributed by atoms with E-state index in [1.54, 1.807) is 6.08 Å². The van der Waals surface area contributed by atoms with Crippen molar-refractivity contribution in [3.63, 3.8) is 0 Å². The van der Waals surface area contributed by atoms with Crippen LogP contribution in [0.3, 0.4) is 0 Å². The van der Waals surface area contributed by atoms with Gasteiger partial charge in [0.25, 0.3) is 11.8 Å². The van der Waals surface area contributed by atoms with Crippen molar-refractivity contribution in [2.75, 3.05) is 24.5 Å². The molecular formula is C23H23F2N5O3. The number of rotatable bonds is 5. The van der Waals surface area contributed by atoms with E-state index in [1.165, 1.54) is 11.1 Å². The van der Waals surface area contributed by atoms with E-state index in [9.17, 15) is 18.4 Å². The van der Waals surface area contributed by atoms with Crippen LogP contribution in [0, 0.1) is 0 Å². The number of amides is 2. The summed E-state index contributed by atoms with van der Waals surface area (Å²) in [5.74, 6) is -1.37. The maximum Gasteiger partial charge on any atom is 0.314 e. The molecule has 0 spiro atoms. The van der Waals surface area contributed by atoms with Gasteiger partial charge in [-0.15, -0.1) is 10.2 Å². The molecule has 1 saturated heterocycles. The first kappa shape index (κ1) is 21.4. The molecule has 0 radical (unpaired) electrons. The van der Waals surface area contributed by atoms with Crippen molar-refractivity contribution >= 4 is 29.3 Å². The van der Waals surface area contributed by atoms with E-state index in [0.29, 0.717) is 17.6 Å². The van der Waals surface area contributed by atoms with Gasteiger partial charge in [0.1, 0.15) is 0 Å². The third-order valence-electron chi connectivity index (χ3n) is 6.45. The number of nitrogens with zero attached hydrogens (tertiary/aromatic N) is 5. The molecule has 2 aromatic rings. The number of fused-ring (bicyclic) bond motifs is 1. The molecule has 8 nitrogen and oxygen atoms in total. The number of dihydropyridines is 1. The fourth-order valence-corrected chi connectivity index (χ4v) is 4.34. The minimum absolute atomic E-state index is 0.0364. The third kappa shape index (κ3) is 3.63. The molecule has 172 valence electrons. The van der Waals surface area contributed by atoms with Crippen LogP contribution < -0.4 is 4.90 Å². The average molecular weight is 455 g/mol. The molecule has 0 N–H and O–H groups in total. The third-order valence-corrected chi connectivity index (χ3v) is 6.45. The van der Waals surface area contributed by atoms with Crippen LogP contribution in [0.2, 0.25) is 0 Å². The summed E-state index contributed by atoms with van der Waals surface area (Å²) in [6.07, 6.45) is 1.89. The number of alkyl halides is 2. The van der Waals surface area contributed by atoms with Crippen LogP contribution >= 0.6 is 0 Å². The van der Waals surface area contributed by atoms with Crippen molar-refractivity contribution in [3.8, 4) is 0 Å². The lowest BCUT2D eigenvalue weighted by Gasteiger charge is -2.40. The maximum atomic E-state index is 13.3. The first-order valence-corrected chi connectivity index (χ1v) is 10.9. The van der Waals surface area contributed by atoms with Crippen molar-refractivity contribution in [2.24, 2.45) is 4.99 Å². The number of benzene rings is 1. The second-order valence-electron chi connectivity index (χ2n) is 8.99. The molecule has 3 aliphatic heterocycles. The Kier molecular flexibility index (Phi) is 5.10. The summed E-state index contributed by atoms with van der Waals surface area (Å²) in [5.41, 5.74) is 1.90. The molecule has 0 bridgehead atoms. The summed E-state index contributed by atoms with van der Waals surface area (Å²) in [6, 6.07) is 5.36. The maximum absolute atomic E-state index is 13.3. The van der Waals surface area contributed by atoms with Crippen LogP contribution in [0.15, 0.2) is 33.7 Å². The highest BCUT2D eigenvalue weighted by molar-refractivity contribution is 6.13. The quantitative estimate of drug-likeness (QED) is 0.642. The second kappa shape index (κ2) is 7.86. The highest BCUT2D eigenvalue weighted by atomic mass is 19.3.